The number of nitrogens with zero attached hydrogens (tertiary/aromatic N) is 1. The molecule has 3 aromatic carbocycles. The molecule has 1 aliphatic heterocycles. The molecule has 0 aliphatic carbocycles. The van der Waals surface area contributed by atoms with Crippen LogP contribution in [-0.2, 0) is 6.42 Å². The first kappa shape index (κ1) is 19.1. The van der Waals surface area contributed by atoms with E-state index in [0.717, 1.165) is 11.6 Å². The SMILES string of the molecule is O=C1c2oc3ccc(F)cc3c(=O)c2C(c2ccc(O)cc2)N1CCc1ccccc1. The van der Waals surface area contributed by atoms with Gasteiger partial charge in [-0.05, 0) is 47.9 Å². The van der Waals surface area contributed by atoms with Crippen LogP contribution in [-0.4, -0.2) is 22.5 Å². The molecule has 5 rings (SSSR count). The van der Waals surface area contributed by atoms with Gasteiger partial charge in [0.25, 0.3) is 5.91 Å². The van der Waals surface area contributed by atoms with E-state index in [0.29, 0.717) is 18.5 Å². The smallest absolute Gasteiger partial charge is 0.290 e. The highest BCUT2D eigenvalue weighted by atomic mass is 19.1. The molecule has 4 aromatic rings. The summed E-state index contributed by atoms with van der Waals surface area (Å²) in [5, 5.41) is 9.79. The van der Waals surface area contributed by atoms with E-state index in [1.54, 1.807) is 17.0 Å². The number of rotatable bonds is 4. The first-order chi connectivity index (χ1) is 15.0. The van der Waals surface area contributed by atoms with Crippen LogP contribution in [0.15, 0.2) is 82.0 Å². The van der Waals surface area contributed by atoms with Crippen LogP contribution in [0.2, 0.25) is 0 Å². The average molecular weight is 415 g/mol. The summed E-state index contributed by atoms with van der Waals surface area (Å²) in [4.78, 5) is 28.2. The third-order valence-corrected chi connectivity index (χ3v) is 5.62. The second-order valence-corrected chi connectivity index (χ2v) is 7.54. The van der Waals surface area contributed by atoms with Crippen molar-refractivity contribution in [3.05, 3.63) is 111 Å². The highest BCUT2D eigenvalue weighted by Crippen LogP contribution is 2.38. The molecule has 5 nitrogen and oxygen atoms in total. The van der Waals surface area contributed by atoms with Gasteiger partial charge in [0.2, 0.25) is 5.76 Å². The molecule has 1 amide bonds. The number of amides is 1. The normalized spacial score (nSPS) is 15.5. The van der Waals surface area contributed by atoms with Crippen LogP contribution < -0.4 is 5.43 Å². The van der Waals surface area contributed by atoms with Crippen LogP contribution in [0.4, 0.5) is 4.39 Å². The number of phenolic OH excluding ortho intramolecular Hbond substituents is 1. The molecule has 1 atom stereocenters. The summed E-state index contributed by atoms with van der Waals surface area (Å²) < 4.78 is 19.6. The average Bonchev–Trinajstić information content (AvgIpc) is 3.06. The maximum atomic E-state index is 13.8. The topological polar surface area (TPSA) is 70.8 Å². The first-order valence-corrected chi connectivity index (χ1v) is 9.93. The van der Waals surface area contributed by atoms with E-state index < -0.39 is 17.3 Å². The van der Waals surface area contributed by atoms with Crippen molar-refractivity contribution >= 4 is 16.9 Å². The van der Waals surface area contributed by atoms with Gasteiger partial charge in [-0.25, -0.2) is 4.39 Å². The van der Waals surface area contributed by atoms with Gasteiger partial charge in [0.05, 0.1) is 17.0 Å². The van der Waals surface area contributed by atoms with E-state index in [1.807, 2.05) is 30.3 Å². The van der Waals surface area contributed by atoms with E-state index in [1.165, 1.54) is 24.3 Å². The fourth-order valence-corrected chi connectivity index (χ4v) is 4.12. The molecule has 1 aromatic heterocycles. The number of hydrogen-bond acceptors (Lipinski definition) is 4. The summed E-state index contributed by atoms with van der Waals surface area (Å²) in [6, 6.07) is 19.1. The molecule has 0 spiro atoms. The minimum absolute atomic E-state index is 0.0183. The monoisotopic (exact) mass is 415 g/mol. The number of hydrogen-bond donors (Lipinski definition) is 1. The van der Waals surface area contributed by atoms with Gasteiger partial charge in [0.15, 0.2) is 5.43 Å². The molecule has 2 heterocycles. The van der Waals surface area contributed by atoms with Crippen molar-refractivity contribution in [2.45, 2.75) is 12.5 Å². The fourth-order valence-electron chi connectivity index (χ4n) is 4.12. The van der Waals surface area contributed by atoms with Crippen molar-refractivity contribution in [1.29, 1.82) is 0 Å². The summed E-state index contributed by atoms with van der Waals surface area (Å²) >= 11 is 0. The molecule has 0 saturated carbocycles. The molecular formula is C25H18FNO4. The quantitative estimate of drug-likeness (QED) is 0.536. The van der Waals surface area contributed by atoms with Gasteiger partial charge < -0.3 is 14.4 Å². The molecule has 31 heavy (non-hydrogen) atoms. The lowest BCUT2D eigenvalue weighted by Crippen LogP contribution is -2.31. The molecule has 6 heteroatoms. The van der Waals surface area contributed by atoms with E-state index >= 15 is 0 Å². The summed E-state index contributed by atoms with van der Waals surface area (Å²) in [6.45, 7) is 0.364. The lowest BCUT2D eigenvalue weighted by atomic mass is 9.98. The molecule has 0 saturated heterocycles. The molecule has 0 fully saturated rings. The first-order valence-electron chi connectivity index (χ1n) is 9.93. The second kappa shape index (κ2) is 7.40. The largest absolute Gasteiger partial charge is 0.508 e. The number of halogens is 1. The summed E-state index contributed by atoms with van der Waals surface area (Å²) in [5.74, 6) is -0.870. The lowest BCUT2D eigenvalue weighted by molar-refractivity contribution is 0.0730. The van der Waals surface area contributed by atoms with Crippen molar-refractivity contribution < 1.29 is 18.7 Å². The van der Waals surface area contributed by atoms with Gasteiger partial charge in [-0.15, -0.1) is 0 Å². The number of carbonyl (C=O) groups is 1. The van der Waals surface area contributed by atoms with Crippen LogP contribution in [0.5, 0.6) is 5.75 Å². The number of fused-ring (bicyclic) bond motifs is 2. The van der Waals surface area contributed by atoms with Gasteiger partial charge in [-0.3, -0.25) is 9.59 Å². The Labute approximate surface area is 177 Å². The van der Waals surface area contributed by atoms with Gasteiger partial charge in [0, 0.05) is 6.54 Å². The predicted octanol–water partition coefficient (Wildman–Crippen LogP) is 4.43. The van der Waals surface area contributed by atoms with Gasteiger partial charge in [-0.2, -0.15) is 0 Å². The second-order valence-electron chi connectivity index (χ2n) is 7.54. The Morgan fingerprint density at radius 3 is 2.45 bits per heavy atom. The minimum Gasteiger partial charge on any atom is -0.508 e. The Balaban J connectivity index is 1.66. The molecule has 1 aliphatic rings. The zero-order valence-electron chi connectivity index (χ0n) is 16.4. The lowest BCUT2D eigenvalue weighted by Gasteiger charge is -2.25. The summed E-state index contributed by atoms with van der Waals surface area (Å²) in [6.07, 6.45) is 0.595. The predicted molar refractivity (Wildman–Crippen MR) is 114 cm³/mol. The minimum atomic E-state index is -0.685. The number of carbonyl (C=O) groups excluding carboxylic acids is 1. The third kappa shape index (κ3) is 3.26. The van der Waals surface area contributed by atoms with Crippen molar-refractivity contribution in [2.75, 3.05) is 6.54 Å². The highest BCUT2D eigenvalue weighted by molar-refractivity contribution is 5.99. The van der Waals surface area contributed by atoms with E-state index in [2.05, 4.69) is 0 Å². The maximum Gasteiger partial charge on any atom is 0.290 e. The van der Waals surface area contributed by atoms with Crippen molar-refractivity contribution in [3.8, 4) is 5.75 Å². The van der Waals surface area contributed by atoms with Crippen LogP contribution in [0.25, 0.3) is 11.0 Å². The van der Waals surface area contributed by atoms with Crippen molar-refractivity contribution in [1.82, 2.24) is 4.90 Å². The molecular weight excluding hydrogens is 397 g/mol. The number of aromatic hydroxyl groups is 1. The Morgan fingerprint density at radius 1 is 0.968 bits per heavy atom. The Hall–Kier alpha value is -3.93. The van der Waals surface area contributed by atoms with Gasteiger partial charge in [-0.1, -0.05) is 42.5 Å². The standard InChI is InChI=1S/C25H18FNO4/c26-17-8-11-20-19(14-17)23(29)21-22(16-6-9-18(28)10-7-16)27(25(30)24(21)31-20)13-12-15-4-2-1-3-5-15/h1-11,14,22,28H,12-13H2. The molecule has 0 bridgehead atoms. The molecule has 154 valence electrons. The van der Waals surface area contributed by atoms with E-state index in [-0.39, 0.29) is 33.9 Å². The molecule has 0 radical (unpaired) electrons. The highest BCUT2D eigenvalue weighted by Gasteiger charge is 2.42. The summed E-state index contributed by atoms with van der Waals surface area (Å²) in [5.41, 5.74) is 1.67. The maximum absolute atomic E-state index is 13.8. The molecule has 1 N–H and O–H groups in total. The zero-order chi connectivity index (χ0) is 21.5. The molecule has 1 unspecified atom stereocenters. The summed E-state index contributed by atoms with van der Waals surface area (Å²) in [7, 11) is 0. The fraction of sp³-hybridized carbons (Fsp3) is 0.120. The van der Waals surface area contributed by atoms with Crippen molar-refractivity contribution in [3.63, 3.8) is 0 Å². The van der Waals surface area contributed by atoms with Gasteiger partial charge in [0.1, 0.15) is 17.1 Å². The number of phenols is 1. The van der Waals surface area contributed by atoms with Crippen LogP contribution in [0, 0.1) is 5.82 Å². The number of benzene rings is 3. The van der Waals surface area contributed by atoms with Crippen LogP contribution in [0.3, 0.4) is 0 Å². The van der Waals surface area contributed by atoms with E-state index in [9.17, 15) is 19.1 Å². The van der Waals surface area contributed by atoms with Crippen molar-refractivity contribution in [2.24, 2.45) is 0 Å². The van der Waals surface area contributed by atoms with Crippen LogP contribution in [0.1, 0.15) is 33.3 Å². The Morgan fingerprint density at radius 2 is 1.71 bits per heavy atom. The Bertz CT molecular complexity index is 1350. The third-order valence-electron chi connectivity index (χ3n) is 5.62. The van der Waals surface area contributed by atoms with Crippen LogP contribution >= 0.6 is 0 Å². The van der Waals surface area contributed by atoms with E-state index in [4.69, 9.17) is 4.42 Å². The van der Waals surface area contributed by atoms with Gasteiger partial charge >= 0.3 is 0 Å². The zero-order valence-corrected chi connectivity index (χ0v) is 16.4. The Kier molecular flexibility index (Phi) is 4.55.